The van der Waals surface area contributed by atoms with Gasteiger partial charge in [-0.25, -0.2) is 0 Å². The Hall–Kier alpha value is -0.920. The molecule has 2 rings (SSSR count). The van der Waals surface area contributed by atoms with Gasteiger partial charge in [0.15, 0.2) is 0 Å². The van der Waals surface area contributed by atoms with Gasteiger partial charge in [-0.1, -0.05) is 18.2 Å². The zero-order chi connectivity index (χ0) is 20.1. The van der Waals surface area contributed by atoms with Crippen molar-refractivity contribution in [3.8, 4) is 0 Å². The molecule has 1 aliphatic heterocycles. The summed E-state index contributed by atoms with van der Waals surface area (Å²) in [6, 6.07) is 5.60. The summed E-state index contributed by atoms with van der Waals surface area (Å²) in [4.78, 5) is 10.9. The zero-order valence-corrected chi connectivity index (χ0v) is 16.3. The maximum Gasteiger partial charge on any atom is 0.274 e. The molecule has 0 amide bonds. The molecule has 27 heavy (non-hydrogen) atoms. The number of ether oxygens (including phenoxy) is 1. The van der Waals surface area contributed by atoms with Crippen LogP contribution in [0.3, 0.4) is 0 Å². The highest BCUT2D eigenvalue weighted by molar-refractivity contribution is 8.10. The quantitative estimate of drug-likeness (QED) is 0.148. The number of thiol groups is 1. The van der Waals surface area contributed by atoms with Crippen LogP contribution in [0.2, 0.25) is 0 Å². The Morgan fingerprint density at radius 2 is 1.96 bits per heavy atom. The molecule has 0 radical (unpaired) electrons. The average molecular weight is 421 g/mol. The third-order valence-electron chi connectivity index (χ3n) is 4.27. The minimum absolute atomic E-state index is 0.0353. The number of nitro groups is 1. The zero-order valence-electron chi connectivity index (χ0n) is 14.6. The van der Waals surface area contributed by atoms with Crippen LogP contribution in [0.25, 0.3) is 0 Å². The topological polar surface area (TPSA) is 145 Å². The fourth-order valence-corrected chi connectivity index (χ4v) is 3.85. The number of hydrogen-bond acceptors (Lipinski definition) is 10. The normalized spacial score (nSPS) is 30.7. The second-order valence-corrected chi connectivity index (χ2v) is 8.72. The van der Waals surface area contributed by atoms with Crippen molar-refractivity contribution in [1.29, 1.82) is 0 Å². The number of thioether (sulfide) groups is 1. The minimum atomic E-state index is -1.53. The van der Waals surface area contributed by atoms with Crippen molar-refractivity contribution in [2.24, 2.45) is 0 Å². The lowest BCUT2D eigenvalue weighted by Crippen LogP contribution is -2.62. The molecule has 1 heterocycles. The predicted molar refractivity (Wildman–Crippen MR) is 104 cm³/mol. The van der Waals surface area contributed by atoms with Crippen molar-refractivity contribution < 1.29 is 30.1 Å². The van der Waals surface area contributed by atoms with E-state index in [0.717, 1.165) is 0 Å². The lowest BCUT2D eigenvalue weighted by molar-refractivity contribution is -0.385. The van der Waals surface area contributed by atoms with Crippen molar-refractivity contribution in [2.45, 2.75) is 48.2 Å². The van der Waals surface area contributed by atoms with Crippen molar-refractivity contribution in [3.05, 3.63) is 39.9 Å². The van der Waals surface area contributed by atoms with Crippen LogP contribution >= 0.6 is 24.4 Å². The summed E-state index contributed by atoms with van der Waals surface area (Å²) in [5, 5.41) is 53.8. The van der Waals surface area contributed by atoms with Gasteiger partial charge in [-0.15, -0.1) is 11.8 Å². The molecule has 1 saturated heterocycles. The standard InChI is InChI=1S/C16H24N2O7S2/c1-8(26)27-7-10(9-4-2-3-5-11(9)18(23)24)17-16-15(22)14(21)13(20)12(6-19)25-16/h2-5,8,10,12-17,19-22,26H,6-7H2,1H3/t8?,10?,12?,13-,14?,15?,16-/m1/s1. The minimum Gasteiger partial charge on any atom is -0.394 e. The van der Waals surface area contributed by atoms with Gasteiger partial charge >= 0.3 is 0 Å². The number of nitrogens with one attached hydrogen (secondary N) is 1. The first-order valence-corrected chi connectivity index (χ1v) is 9.92. The van der Waals surface area contributed by atoms with E-state index in [1.807, 2.05) is 6.92 Å². The van der Waals surface area contributed by atoms with Crippen LogP contribution in [-0.4, -0.2) is 72.9 Å². The number of para-hydroxylation sites is 1. The second kappa shape index (κ2) is 10.0. The lowest BCUT2D eigenvalue weighted by atomic mass is 9.97. The number of aliphatic hydroxyl groups excluding tert-OH is 4. The summed E-state index contributed by atoms with van der Waals surface area (Å²) in [7, 11) is 0. The van der Waals surface area contributed by atoms with E-state index < -0.39 is 48.2 Å². The fourth-order valence-electron chi connectivity index (χ4n) is 2.85. The van der Waals surface area contributed by atoms with Crippen LogP contribution in [0, 0.1) is 10.1 Å². The van der Waals surface area contributed by atoms with Gasteiger partial charge in [-0.3, -0.25) is 15.4 Å². The number of hydrogen-bond donors (Lipinski definition) is 6. The van der Waals surface area contributed by atoms with Gasteiger partial charge in [0.2, 0.25) is 0 Å². The number of rotatable bonds is 8. The maximum absolute atomic E-state index is 11.4. The molecule has 1 fully saturated rings. The molecule has 7 atom stereocenters. The molecule has 152 valence electrons. The highest BCUT2D eigenvalue weighted by atomic mass is 32.2. The third kappa shape index (κ3) is 5.55. The van der Waals surface area contributed by atoms with E-state index in [4.69, 9.17) is 4.74 Å². The van der Waals surface area contributed by atoms with Gasteiger partial charge in [0.1, 0.15) is 30.6 Å². The lowest BCUT2D eigenvalue weighted by Gasteiger charge is -2.41. The number of nitro benzene ring substituents is 1. The Kier molecular flexibility index (Phi) is 8.31. The average Bonchev–Trinajstić information content (AvgIpc) is 2.64. The van der Waals surface area contributed by atoms with Crippen molar-refractivity contribution in [1.82, 2.24) is 5.32 Å². The molecule has 1 aromatic rings. The highest BCUT2D eigenvalue weighted by Crippen LogP contribution is 2.31. The Labute approximate surface area is 166 Å². The number of benzene rings is 1. The summed E-state index contributed by atoms with van der Waals surface area (Å²) in [6.07, 6.45) is -6.69. The van der Waals surface area contributed by atoms with Crippen LogP contribution in [-0.2, 0) is 4.74 Å². The van der Waals surface area contributed by atoms with E-state index >= 15 is 0 Å². The Bertz CT molecular complexity index is 635. The van der Waals surface area contributed by atoms with E-state index in [9.17, 15) is 30.5 Å². The van der Waals surface area contributed by atoms with E-state index in [1.54, 1.807) is 18.2 Å². The first-order valence-electron chi connectivity index (χ1n) is 8.35. The molecule has 11 heteroatoms. The SMILES string of the molecule is CC(S)SCC(N[C@@H]1OC(CO)[C@@H](O)C(O)C1O)c1ccccc1[N+](=O)[O-]. The van der Waals surface area contributed by atoms with Gasteiger partial charge in [-0.05, 0) is 6.92 Å². The molecule has 0 bridgehead atoms. The van der Waals surface area contributed by atoms with E-state index in [1.165, 1.54) is 17.8 Å². The van der Waals surface area contributed by atoms with Gasteiger partial charge in [0.05, 0.1) is 17.6 Å². The third-order valence-corrected chi connectivity index (χ3v) is 5.73. The largest absolute Gasteiger partial charge is 0.394 e. The molecule has 5 N–H and O–H groups in total. The van der Waals surface area contributed by atoms with Crippen LogP contribution in [0.1, 0.15) is 18.5 Å². The molecular weight excluding hydrogens is 396 g/mol. The predicted octanol–water partition coefficient (Wildman–Crippen LogP) is 0.0344. The molecule has 0 spiro atoms. The van der Waals surface area contributed by atoms with Crippen LogP contribution in [0.4, 0.5) is 5.69 Å². The summed E-state index contributed by atoms with van der Waals surface area (Å²) in [6.45, 7) is 1.31. The first kappa shape index (κ1) is 22.4. The molecule has 5 unspecified atom stereocenters. The van der Waals surface area contributed by atoms with Crippen LogP contribution in [0.15, 0.2) is 24.3 Å². The molecule has 9 nitrogen and oxygen atoms in total. The summed E-state index contributed by atoms with van der Waals surface area (Å²) >= 11 is 5.74. The van der Waals surface area contributed by atoms with Gasteiger partial charge in [0, 0.05) is 22.0 Å². The van der Waals surface area contributed by atoms with E-state index in [2.05, 4.69) is 17.9 Å². The monoisotopic (exact) mass is 420 g/mol. The fraction of sp³-hybridized carbons (Fsp3) is 0.625. The number of aliphatic hydroxyl groups is 4. The summed E-state index contributed by atoms with van der Waals surface area (Å²) in [5.41, 5.74) is 0.299. The maximum atomic E-state index is 11.4. The van der Waals surface area contributed by atoms with E-state index in [0.29, 0.717) is 11.3 Å². The summed E-state index contributed by atoms with van der Waals surface area (Å²) in [5.74, 6) is 0.380. The van der Waals surface area contributed by atoms with Gasteiger partial charge < -0.3 is 25.2 Å². The van der Waals surface area contributed by atoms with Gasteiger partial charge in [-0.2, -0.15) is 12.6 Å². The van der Waals surface area contributed by atoms with Crippen molar-refractivity contribution in [2.75, 3.05) is 12.4 Å². The molecular formula is C16H24N2O7S2. The Morgan fingerprint density at radius 1 is 1.30 bits per heavy atom. The second-order valence-electron chi connectivity index (χ2n) is 6.22. The Balaban J connectivity index is 2.28. The number of nitrogens with zero attached hydrogens (tertiary/aromatic N) is 1. The Morgan fingerprint density at radius 3 is 2.56 bits per heavy atom. The molecule has 0 aliphatic carbocycles. The molecule has 1 aliphatic rings. The first-order chi connectivity index (χ1) is 12.8. The molecule has 1 aromatic carbocycles. The van der Waals surface area contributed by atoms with Crippen molar-refractivity contribution in [3.63, 3.8) is 0 Å². The molecule has 0 saturated carbocycles. The smallest absolute Gasteiger partial charge is 0.274 e. The van der Waals surface area contributed by atoms with Gasteiger partial charge in [0.25, 0.3) is 5.69 Å². The molecule has 0 aromatic heterocycles. The van der Waals surface area contributed by atoms with E-state index in [-0.39, 0.29) is 10.3 Å². The van der Waals surface area contributed by atoms with Crippen molar-refractivity contribution >= 4 is 30.1 Å². The summed E-state index contributed by atoms with van der Waals surface area (Å²) < 4.78 is 5.44. The van der Waals surface area contributed by atoms with Crippen LogP contribution in [0.5, 0.6) is 0 Å². The van der Waals surface area contributed by atoms with Crippen LogP contribution < -0.4 is 5.32 Å². The highest BCUT2D eigenvalue weighted by Gasteiger charge is 2.44.